The Bertz CT molecular complexity index is 347. The van der Waals surface area contributed by atoms with E-state index in [9.17, 15) is 0 Å². The van der Waals surface area contributed by atoms with E-state index < -0.39 is 0 Å². The number of hydrogen-bond acceptors (Lipinski definition) is 3. The average Bonchev–Trinajstić information content (AvgIpc) is 2.89. The van der Waals surface area contributed by atoms with Crippen LogP contribution in [0.25, 0.3) is 0 Å². The highest BCUT2D eigenvalue weighted by Gasteiger charge is 2.41. The first-order chi connectivity index (χ1) is 7.65. The van der Waals surface area contributed by atoms with Crippen LogP contribution in [0.2, 0.25) is 0 Å². The molecule has 1 heterocycles. The van der Waals surface area contributed by atoms with Crippen LogP contribution in [-0.4, -0.2) is 18.3 Å². The molecule has 0 aliphatic heterocycles. The molecule has 1 aromatic rings. The second kappa shape index (κ2) is 4.90. The summed E-state index contributed by atoms with van der Waals surface area (Å²) in [4.78, 5) is 0. The van der Waals surface area contributed by atoms with Crippen molar-refractivity contribution in [3.8, 4) is 0 Å². The molecule has 0 aromatic carbocycles. The van der Waals surface area contributed by atoms with Crippen molar-refractivity contribution >= 4 is 15.9 Å². The Morgan fingerprint density at radius 2 is 2.31 bits per heavy atom. The molecule has 1 aliphatic rings. The molecule has 1 aromatic heterocycles. The molecule has 0 spiro atoms. The van der Waals surface area contributed by atoms with Crippen molar-refractivity contribution in [1.29, 1.82) is 0 Å². The van der Waals surface area contributed by atoms with Crippen molar-refractivity contribution in [2.75, 3.05) is 13.2 Å². The normalized spacial score (nSPS) is 19.7. The van der Waals surface area contributed by atoms with E-state index in [1.54, 1.807) is 0 Å². The van der Waals surface area contributed by atoms with Crippen molar-refractivity contribution in [1.82, 2.24) is 5.32 Å². The summed E-state index contributed by atoms with van der Waals surface area (Å²) >= 11 is 3.30. The number of hydrogen-bond donors (Lipinski definition) is 2. The molecule has 1 saturated carbocycles. The van der Waals surface area contributed by atoms with Gasteiger partial charge in [-0.15, -0.1) is 0 Å². The van der Waals surface area contributed by atoms with Crippen LogP contribution in [0.4, 0.5) is 0 Å². The second-order valence-electron chi connectivity index (χ2n) is 4.72. The highest BCUT2D eigenvalue weighted by molar-refractivity contribution is 9.10. The Hall–Kier alpha value is -0.320. The van der Waals surface area contributed by atoms with Crippen LogP contribution in [-0.2, 0) is 0 Å². The van der Waals surface area contributed by atoms with Gasteiger partial charge < -0.3 is 14.8 Å². The second-order valence-corrected chi connectivity index (χ2v) is 5.50. The van der Waals surface area contributed by atoms with Gasteiger partial charge in [0.25, 0.3) is 0 Å². The molecule has 4 heteroatoms. The fraction of sp³-hybridized carbons (Fsp3) is 0.667. The molecule has 2 N–H and O–H groups in total. The monoisotopic (exact) mass is 287 g/mol. The maximum atomic E-state index is 8.97. The molecule has 0 amide bonds. The van der Waals surface area contributed by atoms with Gasteiger partial charge in [-0.1, -0.05) is 0 Å². The lowest BCUT2D eigenvalue weighted by Gasteiger charge is -2.18. The topological polar surface area (TPSA) is 45.4 Å². The first-order valence-corrected chi connectivity index (χ1v) is 6.54. The number of nitrogens with one attached hydrogen (secondary N) is 1. The van der Waals surface area contributed by atoms with Crippen LogP contribution in [0.5, 0.6) is 0 Å². The number of furan rings is 1. The Morgan fingerprint density at radius 3 is 2.81 bits per heavy atom. The van der Waals surface area contributed by atoms with Crippen molar-refractivity contribution < 1.29 is 9.52 Å². The fourth-order valence-corrected chi connectivity index (χ4v) is 2.28. The molecule has 3 nitrogen and oxygen atoms in total. The molecule has 0 saturated heterocycles. The summed E-state index contributed by atoms with van der Waals surface area (Å²) in [6, 6.07) is 4.11. The third-order valence-electron chi connectivity index (χ3n) is 3.40. The molecule has 0 radical (unpaired) electrons. The summed E-state index contributed by atoms with van der Waals surface area (Å²) in [7, 11) is 0. The summed E-state index contributed by atoms with van der Waals surface area (Å²) in [5, 5.41) is 12.4. The Kier molecular flexibility index (Phi) is 3.72. The highest BCUT2D eigenvalue weighted by atomic mass is 79.9. The quantitative estimate of drug-likeness (QED) is 0.846. The Balaban J connectivity index is 1.82. The van der Waals surface area contributed by atoms with E-state index in [1.165, 1.54) is 12.8 Å². The van der Waals surface area contributed by atoms with Gasteiger partial charge >= 0.3 is 0 Å². The van der Waals surface area contributed by atoms with Crippen molar-refractivity contribution in [2.24, 2.45) is 5.41 Å². The Morgan fingerprint density at radius 1 is 1.56 bits per heavy atom. The predicted octanol–water partition coefficient (Wildman–Crippen LogP) is 2.86. The lowest BCUT2D eigenvalue weighted by Crippen LogP contribution is -2.27. The third kappa shape index (κ3) is 2.87. The molecule has 90 valence electrons. The van der Waals surface area contributed by atoms with Gasteiger partial charge in [0.05, 0.1) is 6.04 Å². The summed E-state index contributed by atoms with van der Waals surface area (Å²) in [6.45, 7) is 3.36. The van der Waals surface area contributed by atoms with Crippen LogP contribution in [0.1, 0.15) is 38.0 Å². The summed E-state index contributed by atoms with van der Waals surface area (Å²) in [6.07, 6.45) is 3.37. The van der Waals surface area contributed by atoms with Crippen LogP contribution in [0.3, 0.4) is 0 Å². The maximum absolute atomic E-state index is 8.97. The number of rotatable bonds is 6. The van der Waals surface area contributed by atoms with E-state index in [-0.39, 0.29) is 6.04 Å². The van der Waals surface area contributed by atoms with Gasteiger partial charge in [-0.25, -0.2) is 0 Å². The van der Waals surface area contributed by atoms with Gasteiger partial charge in [-0.05, 0) is 59.7 Å². The maximum Gasteiger partial charge on any atom is 0.169 e. The van der Waals surface area contributed by atoms with Gasteiger partial charge in [-0.3, -0.25) is 0 Å². The summed E-state index contributed by atoms with van der Waals surface area (Å²) in [5.41, 5.74) is 0.354. The standard InChI is InChI=1S/C12H18BrNO2/c1-9(10-2-3-11(13)16-10)14-8-12(4-5-12)6-7-15/h2-3,9,14-15H,4-8H2,1H3. The molecule has 1 fully saturated rings. The third-order valence-corrected chi connectivity index (χ3v) is 3.83. The van der Waals surface area contributed by atoms with Crippen LogP contribution in [0.15, 0.2) is 21.2 Å². The van der Waals surface area contributed by atoms with E-state index in [1.807, 2.05) is 12.1 Å². The molecular formula is C12H18BrNO2. The zero-order chi connectivity index (χ0) is 11.6. The molecule has 1 unspecified atom stereocenters. The first-order valence-electron chi connectivity index (χ1n) is 5.75. The van der Waals surface area contributed by atoms with Gasteiger partial charge in [0, 0.05) is 13.2 Å². The SMILES string of the molecule is CC(NCC1(CCO)CC1)c1ccc(Br)o1. The van der Waals surface area contributed by atoms with E-state index >= 15 is 0 Å². The minimum absolute atomic E-state index is 0.225. The number of halogens is 1. The average molecular weight is 288 g/mol. The van der Waals surface area contributed by atoms with Crippen LogP contribution < -0.4 is 5.32 Å². The smallest absolute Gasteiger partial charge is 0.169 e. The van der Waals surface area contributed by atoms with Gasteiger partial charge in [0.15, 0.2) is 4.67 Å². The first kappa shape index (κ1) is 12.1. The highest BCUT2D eigenvalue weighted by Crippen LogP contribution is 2.48. The molecule has 16 heavy (non-hydrogen) atoms. The van der Waals surface area contributed by atoms with Crippen LogP contribution in [0, 0.1) is 5.41 Å². The molecule has 0 bridgehead atoms. The lowest BCUT2D eigenvalue weighted by atomic mass is 10.0. The van der Waals surface area contributed by atoms with E-state index in [2.05, 4.69) is 28.2 Å². The zero-order valence-electron chi connectivity index (χ0n) is 9.50. The van der Waals surface area contributed by atoms with Gasteiger partial charge in [-0.2, -0.15) is 0 Å². The summed E-state index contributed by atoms with van der Waals surface area (Å²) in [5.74, 6) is 0.951. The number of aliphatic hydroxyl groups excluding tert-OH is 1. The summed E-state index contributed by atoms with van der Waals surface area (Å²) < 4.78 is 6.27. The number of aliphatic hydroxyl groups is 1. The van der Waals surface area contributed by atoms with Crippen molar-refractivity contribution in [3.05, 3.63) is 22.6 Å². The fourth-order valence-electron chi connectivity index (χ4n) is 1.96. The minimum atomic E-state index is 0.225. The zero-order valence-corrected chi connectivity index (χ0v) is 11.1. The van der Waals surface area contributed by atoms with Gasteiger partial charge in [0.1, 0.15) is 5.76 Å². The molecular weight excluding hydrogens is 270 g/mol. The largest absolute Gasteiger partial charge is 0.453 e. The van der Waals surface area contributed by atoms with E-state index in [0.29, 0.717) is 12.0 Å². The van der Waals surface area contributed by atoms with E-state index in [0.717, 1.165) is 23.4 Å². The van der Waals surface area contributed by atoms with E-state index in [4.69, 9.17) is 9.52 Å². The lowest BCUT2D eigenvalue weighted by molar-refractivity contribution is 0.241. The van der Waals surface area contributed by atoms with Gasteiger partial charge in [0.2, 0.25) is 0 Å². The minimum Gasteiger partial charge on any atom is -0.453 e. The van der Waals surface area contributed by atoms with Crippen LogP contribution >= 0.6 is 15.9 Å². The Labute approximate surface area is 104 Å². The molecule has 1 atom stereocenters. The van der Waals surface area contributed by atoms with Crippen molar-refractivity contribution in [2.45, 2.75) is 32.2 Å². The molecule has 1 aliphatic carbocycles. The molecule has 2 rings (SSSR count). The predicted molar refractivity (Wildman–Crippen MR) is 66.2 cm³/mol. The van der Waals surface area contributed by atoms with Crippen molar-refractivity contribution in [3.63, 3.8) is 0 Å².